The first kappa shape index (κ1) is 18.1. The summed E-state index contributed by atoms with van der Waals surface area (Å²) in [5.41, 5.74) is 7.57. The Bertz CT molecular complexity index is 797. The van der Waals surface area contributed by atoms with Crippen molar-refractivity contribution in [3.05, 3.63) is 33.3 Å². The zero-order valence-electron chi connectivity index (χ0n) is 13.4. The van der Waals surface area contributed by atoms with Gasteiger partial charge in [-0.2, -0.15) is 0 Å². The molecular weight excluding hydrogens is 346 g/mol. The van der Waals surface area contributed by atoms with Crippen molar-refractivity contribution in [3.8, 4) is 0 Å². The van der Waals surface area contributed by atoms with Crippen LogP contribution in [0.3, 0.4) is 0 Å². The highest BCUT2D eigenvalue weighted by molar-refractivity contribution is 7.73. The smallest absolute Gasteiger partial charge is 0.259 e. The van der Waals surface area contributed by atoms with Gasteiger partial charge in [0.05, 0.1) is 5.56 Å². The van der Waals surface area contributed by atoms with Crippen LogP contribution in [0.15, 0.2) is 18.2 Å². The van der Waals surface area contributed by atoms with Crippen molar-refractivity contribution in [2.75, 3.05) is 11.1 Å². The lowest BCUT2D eigenvalue weighted by molar-refractivity contribution is -0.121. The number of aromatic nitrogens is 2. The van der Waals surface area contributed by atoms with Crippen molar-refractivity contribution in [2.45, 2.75) is 32.7 Å². The molecule has 7 nitrogen and oxygen atoms in total. The van der Waals surface area contributed by atoms with Gasteiger partial charge in [0, 0.05) is 18.2 Å². The monoisotopic (exact) mass is 365 g/mol. The minimum atomic E-state index is -0.362. The van der Waals surface area contributed by atoms with Crippen LogP contribution in [0.25, 0.3) is 0 Å². The second-order valence-electron chi connectivity index (χ2n) is 5.47. The maximum absolute atomic E-state index is 12.3. The Morgan fingerprint density at radius 3 is 2.79 bits per heavy atom. The summed E-state index contributed by atoms with van der Waals surface area (Å²) >= 11 is 6.09. The molecule has 0 fully saturated rings. The number of hydrogen-bond acceptors (Lipinski definition) is 6. The molecule has 5 N–H and O–H groups in total. The zero-order chi connectivity index (χ0) is 17.7. The lowest BCUT2D eigenvalue weighted by Gasteiger charge is -2.11. The lowest BCUT2D eigenvalue weighted by atomic mass is 10.0. The Labute approximate surface area is 148 Å². The summed E-state index contributed by atoms with van der Waals surface area (Å²) in [6, 6.07) is 5.28. The van der Waals surface area contributed by atoms with E-state index >= 15 is 0 Å². The number of aromatic amines is 1. The number of aryl methyl sites for hydroxylation is 1. The molecule has 1 heterocycles. The lowest BCUT2D eigenvalue weighted by Crippen LogP contribution is -2.30. The topological polar surface area (TPSA) is 113 Å². The Kier molecular flexibility index (Phi) is 6.04. The van der Waals surface area contributed by atoms with E-state index in [0.29, 0.717) is 33.2 Å². The molecule has 24 heavy (non-hydrogen) atoms. The maximum atomic E-state index is 12.3. The first-order valence-corrected chi connectivity index (χ1v) is 8.63. The number of rotatable bonds is 6. The number of para-hydroxylation sites is 1. The molecule has 2 amide bonds. The Morgan fingerprint density at radius 1 is 1.42 bits per heavy atom. The molecule has 0 atom stereocenters. The number of benzene rings is 1. The quantitative estimate of drug-likeness (QED) is 0.464. The molecule has 0 unspecified atom stereocenters. The second kappa shape index (κ2) is 8.02. The van der Waals surface area contributed by atoms with Crippen LogP contribution < -0.4 is 16.4 Å². The number of nitrogens with two attached hydrogens (primary N) is 1. The number of H-pyrrole nitrogens is 1. The molecule has 9 heteroatoms. The van der Waals surface area contributed by atoms with Gasteiger partial charge in [0.25, 0.3) is 5.91 Å². The van der Waals surface area contributed by atoms with Crippen molar-refractivity contribution in [3.63, 3.8) is 0 Å². The minimum Gasteiger partial charge on any atom is -0.398 e. The van der Waals surface area contributed by atoms with Crippen molar-refractivity contribution in [1.82, 2.24) is 15.5 Å². The summed E-state index contributed by atoms with van der Waals surface area (Å²) in [4.78, 5) is 24.1. The minimum absolute atomic E-state index is 0.0458. The molecule has 0 saturated heterocycles. The van der Waals surface area contributed by atoms with Gasteiger partial charge < -0.3 is 11.1 Å². The predicted molar refractivity (Wildman–Crippen MR) is 97.7 cm³/mol. The summed E-state index contributed by atoms with van der Waals surface area (Å²) in [5.74, 6) is -0.408. The zero-order valence-corrected chi connectivity index (χ0v) is 15.0. The number of anilines is 2. The highest BCUT2D eigenvalue weighted by Gasteiger charge is 2.15. The van der Waals surface area contributed by atoms with E-state index in [9.17, 15) is 9.59 Å². The summed E-state index contributed by atoms with van der Waals surface area (Å²) in [6.45, 7) is 3.81. The number of carbonyl (C=O) groups is 2. The highest BCUT2D eigenvalue weighted by Crippen LogP contribution is 2.21. The van der Waals surface area contributed by atoms with Gasteiger partial charge in [-0.15, -0.1) is 5.10 Å². The van der Waals surface area contributed by atoms with E-state index < -0.39 is 0 Å². The van der Waals surface area contributed by atoms with Gasteiger partial charge >= 0.3 is 0 Å². The van der Waals surface area contributed by atoms with Crippen LogP contribution >= 0.6 is 23.6 Å². The largest absolute Gasteiger partial charge is 0.398 e. The molecule has 1 aromatic heterocycles. The van der Waals surface area contributed by atoms with Crippen molar-refractivity contribution in [2.24, 2.45) is 0 Å². The molecule has 128 valence electrons. The van der Waals surface area contributed by atoms with Crippen LogP contribution in [0.5, 0.6) is 0 Å². The molecule has 0 saturated carbocycles. The summed E-state index contributed by atoms with van der Waals surface area (Å²) in [6.07, 6.45) is 0.779. The number of nitrogen functional groups attached to an aromatic ring is 1. The second-order valence-corrected chi connectivity index (χ2v) is 7.14. The fraction of sp³-hybridized carbons (Fsp3) is 0.333. The fourth-order valence-corrected chi connectivity index (χ4v) is 2.90. The third-order valence-electron chi connectivity index (χ3n) is 3.17. The van der Waals surface area contributed by atoms with E-state index in [4.69, 9.17) is 18.0 Å². The maximum Gasteiger partial charge on any atom is 0.259 e. The molecule has 0 radical (unpaired) electrons. The fourth-order valence-electron chi connectivity index (χ4n) is 2.12. The number of nitrogens with one attached hydrogen (secondary N) is 3. The Balaban J connectivity index is 2.08. The highest BCUT2D eigenvalue weighted by atomic mass is 32.1. The Hall–Kier alpha value is -2.26. The molecule has 0 aliphatic carbocycles. The Morgan fingerprint density at radius 2 is 2.17 bits per heavy atom. The molecule has 1 aromatic carbocycles. The van der Waals surface area contributed by atoms with Crippen LogP contribution in [-0.2, 0) is 11.2 Å². The number of amides is 2. The van der Waals surface area contributed by atoms with Gasteiger partial charge in [-0.05, 0) is 44.1 Å². The van der Waals surface area contributed by atoms with Gasteiger partial charge in [0.2, 0.25) is 11.0 Å². The van der Waals surface area contributed by atoms with Gasteiger partial charge in [-0.25, -0.2) is 0 Å². The van der Waals surface area contributed by atoms with Crippen molar-refractivity contribution in [1.29, 1.82) is 0 Å². The van der Waals surface area contributed by atoms with Gasteiger partial charge in [0.1, 0.15) is 0 Å². The average molecular weight is 365 g/mol. The summed E-state index contributed by atoms with van der Waals surface area (Å²) < 4.78 is 0.475. The predicted octanol–water partition coefficient (Wildman–Crippen LogP) is 2.49. The van der Waals surface area contributed by atoms with Crippen LogP contribution in [-0.4, -0.2) is 28.1 Å². The van der Waals surface area contributed by atoms with Gasteiger partial charge in [-0.1, -0.05) is 23.5 Å². The van der Waals surface area contributed by atoms with E-state index in [0.717, 1.165) is 16.9 Å². The third-order valence-corrected chi connectivity index (χ3v) is 4.18. The van der Waals surface area contributed by atoms with Crippen LogP contribution in [0.4, 0.5) is 10.8 Å². The molecule has 0 aliphatic rings. The van der Waals surface area contributed by atoms with E-state index in [1.54, 1.807) is 12.1 Å². The third kappa shape index (κ3) is 4.87. The van der Waals surface area contributed by atoms with Crippen molar-refractivity contribution < 1.29 is 9.59 Å². The number of nitrogens with zero attached hydrogens (tertiary/aromatic N) is 1. The molecule has 2 rings (SSSR count). The van der Waals surface area contributed by atoms with Crippen LogP contribution in [0, 0.1) is 3.95 Å². The molecular formula is C15H19N5O2S2. The number of hydrogen-bond donors (Lipinski definition) is 4. The molecule has 0 bridgehead atoms. The standard InChI is InChI=1S/C15H19N5O2S2/c1-8(2)17-11(21)7-6-9-4-3-5-10(12(9)16)13(22)18-14-19-20-15(23)24-14/h3-5,8H,6-7,16H2,1-2H3,(H,17,21)(H,20,23)(H,18,19,22). The van der Waals surface area contributed by atoms with E-state index in [1.807, 2.05) is 19.9 Å². The first-order valence-electron chi connectivity index (χ1n) is 7.40. The average Bonchev–Trinajstić information content (AvgIpc) is 2.90. The normalized spacial score (nSPS) is 10.6. The SMILES string of the molecule is CC(C)NC(=O)CCc1cccc(C(=O)Nc2n[nH]c(=S)s2)c1N. The van der Waals surface area contributed by atoms with E-state index in [1.165, 1.54) is 0 Å². The van der Waals surface area contributed by atoms with E-state index in [-0.39, 0.29) is 17.9 Å². The van der Waals surface area contributed by atoms with Gasteiger partial charge in [-0.3, -0.25) is 20.0 Å². The summed E-state index contributed by atoms with van der Waals surface area (Å²) in [5, 5.41) is 12.3. The molecule has 0 aliphatic heterocycles. The van der Waals surface area contributed by atoms with E-state index in [2.05, 4.69) is 20.8 Å². The number of carbonyl (C=O) groups excluding carboxylic acids is 2. The molecule has 2 aromatic rings. The summed E-state index contributed by atoms with van der Waals surface area (Å²) in [7, 11) is 0. The van der Waals surface area contributed by atoms with Crippen LogP contribution in [0.1, 0.15) is 36.2 Å². The van der Waals surface area contributed by atoms with Gasteiger partial charge in [0.15, 0.2) is 3.95 Å². The first-order chi connectivity index (χ1) is 11.4. The van der Waals surface area contributed by atoms with Crippen molar-refractivity contribution >= 4 is 46.2 Å². The molecule has 0 spiro atoms. The van der Waals surface area contributed by atoms with Crippen LogP contribution in [0.2, 0.25) is 0 Å².